The number of allylic oxidation sites excluding steroid dienone is 1. The van der Waals surface area contributed by atoms with Gasteiger partial charge in [0.2, 0.25) is 0 Å². The summed E-state index contributed by atoms with van der Waals surface area (Å²) in [4.78, 5) is 11.2. The molecule has 164 valence electrons. The molecule has 0 spiro atoms. The molecule has 0 aliphatic heterocycles. The van der Waals surface area contributed by atoms with Crippen molar-refractivity contribution in [2.75, 3.05) is 0 Å². The highest BCUT2D eigenvalue weighted by atomic mass is 16.1. The van der Waals surface area contributed by atoms with Crippen molar-refractivity contribution in [3.05, 3.63) is 12.2 Å². The first kappa shape index (κ1) is 21.6. The van der Waals surface area contributed by atoms with Gasteiger partial charge in [-0.05, 0) is 109 Å². The van der Waals surface area contributed by atoms with Crippen LogP contribution < -0.4 is 0 Å². The first-order valence-corrected chi connectivity index (χ1v) is 12.7. The third-order valence-corrected chi connectivity index (χ3v) is 11.8. The Bertz CT molecular complexity index is 678. The van der Waals surface area contributed by atoms with E-state index >= 15 is 0 Å². The Kier molecular flexibility index (Phi) is 5.19. The lowest BCUT2D eigenvalue weighted by Gasteiger charge is -2.71. The Morgan fingerprint density at radius 3 is 2.10 bits per heavy atom. The van der Waals surface area contributed by atoms with Gasteiger partial charge in [0.25, 0.3) is 0 Å². The van der Waals surface area contributed by atoms with Crippen LogP contribution in [0.3, 0.4) is 0 Å². The van der Waals surface area contributed by atoms with E-state index in [2.05, 4.69) is 48.1 Å². The van der Waals surface area contributed by atoms with Crippen molar-refractivity contribution in [1.82, 2.24) is 0 Å². The highest BCUT2D eigenvalue weighted by molar-refractivity contribution is 5.49. The average Bonchev–Trinajstić information content (AvgIpc) is 3.02. The van der Waals surface area contributed by atoms with Gasteiger partial charge < -0.3 is 4.79 Å². The van der Waals surface area contributed by atoms with E-state index in [1.807, 2.05) is 0 Å². The molecule has 0 N–H and O–H groups in total. The van der Waals surface area contributed by atoms with Crippen LogP contribution in [0.15, 0.2) is 12.2 Å². The Hall–Kier alpha value is -0.590. The second-order valence-electron chi connectivity index (χ2n) is 12.9. The smallest absolute Gasteiger partial charge is 0.120 e. The Morgan fingerprint density at radius 2 is 1.52 bits per heavy atom. The van der Waals surface area contributed by atoms with Crippen LogP contribution >= 0.6 is 0 Å². The SMILES string of the molecule is C=C1CCC2C(C)(CCC3(C)C4CCC(C(C)C)C4(C)CCC23C)C1CCC=O. The number of rotatable bonds is 4. The first-order chi connectivity index (χ1) is 13.5. The quantitative estimate of drug-likeness (QED) is 0.348. The molecule has 0 radical (unpaired) electrons. The van der Waals surface area contributed by atoms with Crippen LogP contribution in [0.5, 0.6) is 0 Å². The lowest BCUT2D eigenvalue weighted by Crippen LogP contribution is -2.64. The van der Waals surface area contributed by atoms with Gasteiger partial charge in [-0.3, -0.25) is 0 Å². The molecule has 1 heteroatoms. The molecule has 1 nitrogen and oxygen atoms in total. The number of carbonyl (C=O) groups excluding carboxylic acids is 1. The minimum absolute atomic E-state index is 0.344. The van der Waals surface area contributed by atoms with Crippen LogP contribution in [-0.4, -0.2) is 6.29 Å². The van der Waals surface area contributed by atoms with Crippen molar-refractivity contribution in [3.8, 4) is 0 Å². The normalized spacial score (nSPS) is 52.0. The van der Waals surface area contributed by atoms with Gasteiger partial charge in [-0.15, -0.1) is 0 Å². The summed E-state index contributed by atoms with van der Waals surface area (Å²) in [6.07, 6.45) is 13.8. The molecule has 4 aliphatic rings. The maximum absolute atomic E-state index is 11.2. The van der Waals surface area contributed by atoms with Gasteiger partial charge in [0.1, 0.15) is 6.29 Å². The van der Waals surface area contributed by atoms with E-state index < -0.39 is 0 Å². The standard InChI is InChI=1S/C28H46O/c1-19(2)21-11-13-24-25(21,4)14-16-27(6)23-12-10-20(3)22(9-8-18-29)26(23,5)15-17-28(24,27)7/h18-19,21-24H,3,8-17H2,1-2,4-7H3. The predicted molar refractivity (Wildman–Crippen MR) is 123 cm³/mol. The highest BCUT2D eigenvalue weighted by Crippen LogP contribution is 2.77. The minimum atomic E-state index is 0.344. The molecule has 0 amide bonds. The van der Waals surface area contributed by atoms with E-state index in [1.54, 1.807) is 0 Å². The zero-order valence-corrected chi connectivity index (χ0v) is 20.2. The lowest BCUT2D eigenvalue weighted by molar-refractivity contribution is -0.215. The molecule has 0 heterocycles. The topological polar surface area (TPSA) is 17.1 Å². The Labute approximate surface area is 180 Å². The third kappa shape index (κ3) is 2.74. The molecule has 0 saturated heterocycles. The monoisotopic (exact) mass is 398 g/mol. The molecule has 0 aromatic rings. The summed E-state index contributed by atoms with van der Waals surface area (Å²) in [5.41, 5.74) is 3.25. The summed E-state index contributed by atoms with van der Waals surface area (Å²) in [7, 11) is 0. The minimum Gasteiger partial charge on any atom is -0.303 e. The molecule has 29 heavy (non-hydrogen) atoms. The second kappa shape index (κ2) is 6.96. The molecule has 4 saturated carbocycles. The van der Waals surface area contributed by atoms with Crippen molar-refractivity contribution >= 4 is 6.29 Å². The summed E-state index contributed by atoms with van der Waals surface area (Å²) in [6, 6.07) is 0. The molecule has 8 atom stereocenters. The van der Waals surface area contributed by atoms with Crippen LogP contribution in [0.25, 0.3) is 0 Å². The van der Waals surface area contributed by atoms with E-state index in [0.29, 0.717) is 34.0 Å². The van der Waals surface area contributed by atoms with Crippen molar-refractivity contribution in [1.29, 1.82) is 0 Å². The lowest BCUT2D eigenvalue weighted by atomic mass is 9.33. The molecule has 4 rings (SSSR count). The first-order valence-electron chi connectivity index (χ1n) is 12.7. The molecule has 8 unspecified atom stereocenters. The zero-order valence-electron chi connectivity index (χ0n) is 20.2. The number of carbonyl (C=O) groups is 1. The third-order valence-electron chi connectivity index (χ3n) is 11.8. The van der Waals surface area contributed by atoms with Crippen molar-refractivity contribution in [2.24, 2.45) is 51.2 Å². The molecule has 0 bridgehead atoms. The van der Waals surface area contributed by atoms with Gasteiger partial charge in [-0.1, -0.05) is 53.7 Å². The maximum atomic E-state index is 11.2. The average molecular weight is 399 g/mol. The maximum Gasteiger partial charge on any atom is 0.120 e. The van der Waals surface area contributed by atoms with E-state index in [-0.39, 0.29) is 0 Å². The van der Waals surface area contributed by atoms with E-state index in [9.17, 15) is 4.79 Å². The molecule has 4 aliphatic carbocycles. The van der Waals surface area contributed by atoms with Crippen LogP contribution in [-0.2, 0) is 4.79 Å². The number of aldehydes is 1. The van der Waals surface area contributed by atoms with Crippen LogP contribution in [0, 0.1) is 51.2 Å². The van der Waals surface area contributed by atoms with E-state index in [1.165, 1.54) is 56.9 Å². The number of hydrogen-bond donors (Lipinski definition) is 0. The van der Waals surface area contributed by atoms with Gasteiger partial charge in [-0.25, -0.2) is 0 Å². The fourth-order valence-electron chi connectivity index (χ4n) is 10.2. The highest BCUT2D eigenvalue weighted by Gasteiger charge is 2.69. The zero-order chi connectivity index (χ0) is 21.2. The fourth-order valence-corrected chi connectivity index (χ4v) is 10.2. The summed E-state index contributed by atoms with van der Waals surface area (Å²) >= 11 is 0. The van der Waals surface area contributed by atoms with Gasteiger partial charge in [0, 0.05) is 6.42 Å². The molecule has 4 fully saturated rings. The van der Waals surface area contributed by atoms with Crippen LogP contribution in [0.4, 0.5) is 0 Å². The summed E-state index contributed by atoms with van der Waals surface area (Å²) in [5.74, 6) is 3.96. The summed E-state index contributed by atoms with van der Waals surface area (Å²) < 4.78 is 0. The van der Waals surface area contributed by atoms with Crippen LogP contribution in [0.1, 0.15) is 106 Å². The number of fused-ring (bicyclic) bond motifs is 5. The van der Waals surface area contributed by atoms with Gasteiger partial charge in [0.05, 0.1) is 0 Å². The van der Waals surface area contributed by atoms with Gasteiger partial charge in [-0.2, -0.15) is 0 Å². The largest absolute Gasteiger partial charge is 0.303 e. The predicted octanol–water partition coefficient (Wildman–Crippen LogP) is 7.84. The van der Waals surface area contributed by atoms with E-state index in [0.717, 1.165) is 36.4 Å². The molecule has 0 aromatic carbocycles. The van der Waals surface area contributed by atoms with Crippen LogP contribution in [0.2, 0.25) is 0 Å². The second-order valence-corrected chi connectivity index (χ2v) is 12.9. The van der Waals surface area contributed by atoms with Crippen molar-refractivity contribution in [3.63, 3.8) is 0 Å². The van der Waals surface area contributed by atoms with Gasteiger partial charge >= 0.3 is 0 Å². The Morgan fingerprint density at radius 1 is 0.931 bits per heavy atom. The summed E-state index contributed by atoms with van der Waals surface area (Å²) in [5, 5.41) is 0. The molecular formula is C28H46O. The van der Waals surface area contributed by atoms with Gasteiger partial charge in [0.15, 0.2) is 0 Å². The molecular weight excluding hydrogens is 352 g/mol. The fraction of sp³-hybridized carbons (Fsp3) is 0.893. The Balaban J connectivity index is 1.71. The van der Waals surface area contributed by atoms with Crippen molar-refractivity contribution < 1.29 is 4.79 Å². The van der Waals surface area contributed by atoms with E-state index in [4.69, 9.17) is 0 Å². The van der Waals surface area contributed by atoms with Crippen molar-refractivity contribution in [2.45, 2.75) is 106 Å². The number of hydrogen-bond acceptors (Lipinski definition) is 1. The summed E-state index contributed by atoms with van der Waals surface area (Å²) in [6.45, 7) is 20.1. The molecule has 0 aromatic heterocycles.